The Kier molecular flexibility index (Phi) is 6.53. The number of hydrogen-bond donors (Lipinski definition) is 2. The van der Waals surface area contributed by atoms with E-state index in [4.69, 9.17) is 15.6 Å². The van der Waals surface area contributed by atoms with E-state index < -0.39 is 12.0 Å². The third-order valence-corrected chi connectivity index (χ3v) is 1.98. The lowest BCUT2D eigenvalue weighted by Crippen LogP contribution is -3.00. The first-order valence-electron chi connectivity index (χ1n) is 4.83. The van der Waals surface area contributed by atoms with Crippen molar-refractivity contribution >= 4 is 5.97 Å². The lowest BCUT2D eigenvalue weighted by molar-refractivity contribution is -0.144. The molecule has 1 aromatic rings. The predicted octanol–water partition coefficient (Wildman–Crippen LogP) is -2.17. The van der Waals surface area contributed by atoms with Crippen LogP contribution in [0.15, 0.2) is 24.3 Å². The summed E-state index contributed by atoms with van der Waals surface area (Å²) in [7, 11) is 0. The quantitative estimate of drug-likeness (QED) is 0.592. The number of benzene rings is 1. The molecule has 0 amide bonds. The summed E-state index contributed by atoms with van der Waals surface area (Å²) in [6.45, 7) is 2.08. The van der Waals surface area contributed by atoms with Crippen molar-refractivity contribution in [1.29, 1.82) is 0 Å². The third kappa shape index (κ3) is 4.51. The van der Waals surface area contributed by atoms with Gasteiger partial charge < -0.3 is 28.0 Å². The average molecular weight is 245 g/mol. The summed E-state index contributed by atoms with van der Waals surface area (Å²) in [5.41, 5.74) is 6.53. The first-order chi connectivity index (χ1) is 7.13. The number of halogens is 1. The van der Waals surface area contributed by atoms with Crippen LogP contribution >= 0.6 is 0 Å². The number of ether oxygens (including phenoxy) is 1. The van der Waals surface area contributed by atoms with Gasteiger partial charge in [-0.15, -0.1) is 0 Å². The van der Waals surface area contributed by atoms with Gasteiger partial charge >= 0.3 is 5.97 Å². The van der Waals surface area contributed by atoms with Crippen molar-refractivity contribution < 1.29 is 27.0 Å². The second kappa shape index (κ2) is 7.09. The number of hydrogen-bond acceptors (Lipinski definition) is 4. The number of phenols is 1. The predicted molar refractivity (Wildman–Crippen MR) is 56.4 cm³/mol. The molecule has 1 rings (SSSR count). The van der Waals surface area contributed by atoms with Gasteiger partial charge in [-0.25, -0.2) is 0 Å². The molecule has 90 valence electrons. The Bertz CT molecular complexity index is 327. The van der Waals surface area contributed by atoms with Gasteiger partial charge in [0.15, 0.2) is 0 Å². The molecule has 0 radical (unpaired) electrons. The van der Waals surface area contributed by atoms with Crippen LogP contribution in [0.3, 0.4) is 0 Å². The number of aromatic hydroxyl groups is 1. The Morgan fingerprint density at radius 3 is 2.50 bits per heavy atom. The summed E-state index contributed by atoms with van der Waals surface area (Å²) in [5.74, 6) is -0.200. The first-order valence-corrected chi connectivity index (χ1v) is 4.83. The van der Waals surface area contributed by atoms with Gasteiger partial charge in [0.1, 0.15) is 11.8 Å². The summed E-state index contributed by atoms with van der Waals surface area (Å²) in [6, 6.07) is 5.94. The van der Waals surface area contributed by atoms with Gasteiger partial charge in [-0.2, -0.15) is 0 Å². The lowest BCUT2D eigenvalue weighted by Gasteiger charge is -2.10. The molecular formula is C11H15ClNO3-. The van der Waals surface area contributed by atoms with Crippen LogP contribution in [0, 0.1) is 0 Å². The fourth-order valence-corrected chi connectivity index (χ4v) is 1.22. The molecule has 0 aromatic heterocycles. The minimum atomic E-state index is -0.644. The number of rotatable bonds is 4. The zero-order valence-electron chi connectivity index (χ0n) is 9.02. The third-order valence-electron chi connectivity index (χ3n) is 1.98. The number of esters is 1. The Morgan fingerprint density at radius 2 is 2.00 bits per heavy atom. The molecule has 0 spiro atoms. The van der Waals surface area contributed by atoms with E-state index in [0.717, 1.165) is 5.56 Å². The summed E-state index contributed by atoms with van der Waals surface area (Å²) < 4.78 is 4.79. The van der Waals surface area contributed by atoms with Gasteiger partial charge in [0.25, 0.3) is 0 Å². The van der Waals surface area contributed by atoms with Crippen LogP contribution in [0.5, 0.6) is 5.75 Å². The highest BCUT2D eigenvalue weighted by molar-refractivity contribution is 5.75. The maximum atomic E-state index is 11.2. The summed E-state index contributed by atoms with van der Waals surface area (Å²) >= 11 is 0. The Hall–Kier alpha value is -1.26. The SMILES string of the molecule is CCOC(=O)[C@H](N)Cc1ccc(O)cc1.[Cl-]. The van der Waals surface area contributed by atoms with Gasteiger partial charge in [0.05, 0.1) is 6.61 Å². The van der Waals surface area contributed by atoms with E-state index in [-0.39, 0.29) is 18.2 Å². The molecule has 0 fully saturated rings. The van der Waals surface area contributed by atoms with E-state index in [1.807, 2.05) is 0 Å². The van der Waals surface area contributed by atoms with E-state index in [9.17, 15) is 4.79 Å². The molecule has 4 nitrogen and oxygen atoms in total. The van der Waals surface area contributed by atoms with E-state index in [2.05, 4.69) is 0 Å². The van der Waals surface area contributed by atoms with Crippen molar-refractivity contribution in [2.45, 2.75) is 19.4 Å². The van der Waals surface area contributed by atoms with Crippen LogP contribution in [-0.2, 0) is 16.0 Å². The number of carbonyl (C=O) groups is 1. The standard InChI is InChI=1S/C11H15NO3.ClH/c1-2-15-11(14)10(12)7-8-3-5-9(13)6-4-8;/h3-6,10,13H,2,7,12H2,1H3;1H/p-1/t10-;/m1./s1. The average Bonchev–Trinajstić information content (AvgIpc) is 2.22. The maximum absolute atomic E-state index is 11.2. The minimum absolute atomic E-state index is 0. The van der Waals surface area contributed by atoms with Crippen molar-refractivity contribution in [3.05, 3.63) is 29.8 Å². The molecule has 0 aliphatic carbocycles. The summed E-state index contributed by atoms with van der Waals surface area (Å²) in [5, 5.41) is 9.06. The second-order valence-electron chi connectivity index (χ2n) is 3.23. The van der Waals surface area contributed by atoms with Gasteiger partial charge in [-0.1, -0.05) is 12.1 Å². The van der Waals surface area contributed by atoms with Crippen LogP contribution in [0.25, 0.3) is 0 Å². The molecule has 0 saturated carbocycles. The number of nitrogens with two attached hydrogens (primary N) is 1. The van der Waals surface area contributed by atoms with Crippen molar-refractivity contribution in [1.82, 2.24) is 0 Å². The molecular weight excluding hydrogens is 230 g/mol. The topological polar surface area (TPSA) is 72.5 Å². The smallest absolute Gasteiger partial charge is 0.323 e. The summed E-state index contributed by atoms with van der Waals surface area (Å²) in [6.07, 6.45) is 0.416. The highest BCUT2D eigenvalue weighted by Crippen LogP contribution is 2.11. The number of phenolic OH excluding ortho intramolecular Hbond substituents is 1. The van der Waals surface area contributed by atoms with Gasteiger partial charge in [-0.3, -0.25) is 4.79 Å². The van der Waals surface area contributed by atoms with Crippen molar-refractivity contribution in [3.63, 3.8) is 0 Å². The maximum Gasteiger partial charge on any atom is 0.323 e. The molecule has 0 unspecified atom stereocenters. The van der Waals surface area contributed by atoms with Crippen LogP contribution in [0.1, 0.15) is 12.5 Å². The van der Waals surface area contributed by atoms with Crippen molar-refractivity contribution in [2.24, 2.45) is 5.73 Å². The zero-order chi connectivity index (χ0) is 11.3. The van der Waals surface area contributed by atoms with Gasteiger partial charge in [-0.05, 0) is 31.0 Å². The summed E-state index contributed by atoms with van der Waals surface area (Å²) in [4.78, 5) is 11.2. The molecule has 0 saturated heterocycles. The van der Waals surface area contributed by atoms with Crippen molar-refractivity contribution in [2.75, 3.05) is 6.61 Å². The Balaban J connectivity index is 0.00000225. The van der Waals surface area contributed by atoms with Gasteiger partial charge in [0, 0.05) is 0 Å². The molecule has 5 heteroatoms. The van der Waals surface area contributed by atoms with Crippen LogP contribution < -0.4 is 18.1 Å². The monoisotopic (exact) mass is 244 g/mol. The Morgan fingerprint density at radius 1 is 1.44 bits per heavy atom. The van der Waals surface area contributed by atoms with Crippen LogP contribution in [-0.4, -0.2) is 23.7 Å². The van der Waals surface area contributed by atoms with Crippen LogP contribution in [0.2, 0.25) is 0 Å². The second-order valence-corrected chi connectivity index (χ2v) is 3.23. The molecule has 0 aliphatic heterocycles. The normalized spacial score (nSPS) is 11.4. The van der Waals surface area contributed by atoms with E-state index in [1.165, 1.54) is 0 Å². The molecule has 0 heterocycles. The Labute approximate surface area is 101 Å². The van der Waals surface area contributed by atoms with E-state index in [0.29, 0.717) is 13.0 Å². The van der Waals surface area contributed by atoms with Crippen LogP contribution in [0.4, 0.5) is 0 Å². The van der Waals surface area contributed by atoms with E-state index >= 15 is 0 Å². The molecule has 0 bridgehead atoms. The highest BCUT2D eigenvalue weighted by atomic mass is 35.5. The number of carbonyl (C=O) groups excluding carboxylic acids is 1. The lowest BCUT2D eigenvalue weighted by atomic mass is 10.1. The molecule has 16 heavy (non-hydrogen) atoms. The van der Waals surface area contributed by atoms with Crippen molar-refractivity contribution in [3.8, 4) is 5.75 Å². The fraction of sp³-hybridized carbons (Fsp3) is 0.364. The zero-order valence-corrected chi connectivity index (χ0v) is 9.78. The largest absolute Gasteiger partial charge is 1.00 e. The van der Waals surface area contributed by atoms with Gasteiger partial charge in [0.2, 0.25) is 0 Å². The fourth-order valence-electron chi connectivity index (χ4n) is 1.22. The molecule has 1 atom stereocenters. The molecule has 0 aliphatic rings. The molecule has 1 aromatic carbocycles. The molecule has 3 N–H and O–H groups in total. The minimum Gasteiger partial charge on any atom is -1.00 e. The highest BCUT2D eigenvalue weighted by Gasteiger charge is 2.14. The first kappa shape index (κ1) is 14.7. The van der Waals surface area contributed by atoms with E-state index in [1.54, 1.807) is 31.2 Å².